The van der Waals surface area contributed by atoms with Crippen LogP contribution in [-0.2, 0) is 0 Å². The summed E-state index contributed by atoms with van der Waals surface area (Å²) >= 11 is 0. The van der Waals surface area contributed by atoms with Crippen LogP contribution in [0.25, 0.3) is 0 Å². The highest BCUT2D eigenvalue weighted by Crippen LogP contribution is 2.21. The molecule has 0 amide bonds. The minimum Gasteiger partial charge on any atom is -0.254 e. The topological polar surface area (TPSA) is 15.3 Å². The third-order valence-electron chi connectivity index (χ3n) is 2.99. The van der Waals surface area contributed by atoms with Gasteiger partial charge in [0.25, 0.3) is 0 Å². The lowest BCUT2D eigenvalue weighted by Gasteiger charge is -2.40. The summed E-state index contributed by atoms with van der Waals surface area (Å²) in [5, 5.41) is 2.45. The molecule has 0 aromatic rings. The van der Waals surface area contributed by atoms with Crippen LogP contribution in [0.3, 0.4) is 0 Å². The minimum atomic E-state index is 0.372. The summed E-state index contributed by atoms with van der Waals surface area (Å²) in [5.74, 6) is 0. The molecule has 0 saturated carbocycles. The number of hydrogen-bond acceptors (Lipinski definition) is 2. The predicted octanol–water partition coefficient (Wildman–Crippen LogP) is 2.80. The molecule has 2 nitrogen and oxygen atoms in total. The van der Waals surface area contributed by atoms with Gasteiger partial charge in [0.15, 0.2) is 0 Å². The van der Waals surface area contributed by atoms with Gasteiger partial charge in [0.05, 0.1) is 0 Å². The number of nitrogens with zero attached hydrogens (tertiary/aromatic N) is 1. The second-order valence-electron chi connectivity index (χ2n) is 5.93. The van der Waals surface area contributed by atoms with E-state index in [-0.39, 0.29) is 0 Å². The fraction of sp³-hybridized carbons (Fsp3) is 1.00. The summed E-state index contributed by atoms with van der Waals surface area (Å²) in [6, 6.07) is 1.39. The van der Waals surface area contributed by atoms with Crippen LogP contribution in [0.2, 0.25) is 0 Å². The van der Waals surface area contributed by atoms with Gasteiger partial charge in [-0.05, 0) is 32.1 Å². The van der Waals surface area contributed by atoms with Crippen molar-refractivity contribution in [3.05, 3.63) is 0 Å². The molecule has 1 saturated heterocycles. The van der Waals surface area contributed by atoms with Crippen molar-refractivity contribution in [1.82, 2.24) is 10.4 Å². The molecule has 2 atom stereocenters. The molecule has 0 aliphatic carbocycles. The molecule has 1 heterocycles. The molecule has 0 aromatic heterocycles. The van der Waals surface area contributed by atoms with E-state index in [2.05, 4.69) is 45.1 Å². The lowest BCUT2D eigenvalue weighted by molar-refractivity contribution is 0.0347. The van der Waals surface area contributed by atoms with E-state index in [1.54, 1.807) is 0 Å². The van der Waals surface area contributed by atoms with Crippen molar-refractivity contribution in [2.75, 3.05) is 6.54 Å². The van der Waals surface area contributed by atoms with E-state index >= 15 is 0 Å². The van der Waals surface area contributed by atoms with Gasteiger partial charge in [-0.15, -0.1) is 0 Å². The van der Waals surface area contributed by atoms with Crippen LogP contribution in [0.4, 0.5) is 0 Å². The third kappa shape index (κ3) is 3.58. The SMILES string of the molecule is CC1CCCC(C)N1NCC(C)(C)C. The molecule has 0 aromatic carbocycles. The molecule has 0 bridgehead atoms. The number of piperidine rings is 1. The third-order valence-corrected chi connectivity index (χ3v) is 2.99. The van der Waals surface area contributed by atoms with Gasteiger partial charge >= 0.3 is 0 Å². The number of hydrazine groups is 1. The highest BCUT2D eigenvalue weighted by Gasteiger charge is 2.25. The van der Waals surface area contributed by atoms with E-state index < -0.39 is 0 Å². The number of nitrogens with one attached hydrogen (secondary N) is 1. The maximum atomic E-state index is 3.59. The van der Waals surface area contributed by atoms with Crippen LogP contribution < -0.4 is 5.43 Å². The largest absolute Gasteiger partial charge is 0.254 e. The average Bonchev–Trinajstić information content (AvgIpc) is 2.01. The van der Waals surface area contributed by atoms with Gasteiger partial charge in [0, 0.05) is 18.6 Å². The number of hydrogen-bond donors (Lipinski definition) is 1. The van der Waals surface area contributed by atoms with Crippen LogP contribution in [0.5, 0.6) is 0 Å². The summed E-state index contributed by atoms with van der Waals surface area (Å²) in [4.78, 5) is 0. The van der Waals surface area contributed by atoms with E-state index in [0.717, 1.165) is 6.54 Å². The first-order valence-electron chi connectivity index (χ1n) is 5.92. The minimum absolute atomic E-state index is 0.372. The van der Waals surface area contributed by atoms with Crippen LogP contribution >= 0.6 is 0 Å². The van der Waals surface area contributed by atoms with Gasteiger partial charge in [0.2, 0.25) is 0 Å². The second-order valence-corrected chi connectivity index (χ2v) is 5.93. The van der Waals surface area contributed by atoms with Crippen molar-refractivity contribution in [2.24, 2.45) is 5.41 Å². The maximum Gasteiger partial charge on any atom is 0.0218 e. The summed E-state index contributed by atoms with van der Waals surface area (Å²) in [7, 11) is 0. The summed E-state index contributed by atoms with van der Waals surface area (Å²) in [5.41, 5.74) is 3.97. The normalized spacial score (nSPS) is 30.6. The molecule has 0 radical (unpaired) electrons. The Labute approximate surface area is 89.0 Å². The molecule has 1 aliphatic heterocycles. The molecule has 1 rings (SSSR count). The average molecular weight is 198 g/mol. The first-order valence-corrected chi connectivity index (χ1v) is 5.92. The molecular formula is C12H26N2. The smallest absolute Gasteiger partial charge is 0.0218 e. The van der Waals surface area contributed by atoms with Gasteiger partial charge in [-0.25, -0.2) is 5.01 Å². The molecule has 1 N–H and O–H groups in total. The molecule has 14 heavy (non-hydrogen) atoms. The lowest BCUT2D eigenvalue weighted by atomic mass is 9.96. The van der Waals surface area contributed by atoms with Gasteiger partial charge in [-0.3, -0.25) is 5.43 Å². The quantitative estimate of drug-likeness (QED) is 0.734. The molecular weight excluding hydrogens is 172 g/mol. The molecule has 0 spiro atoms. The molecule has 2 unspecified atom stereocenters. The Morgan fingerprint density at radius 3 is 2.07 bits per heavy atom. The van der Waals surface area contributed by atoms with Gasteiger partial charge in [-0.2, -0.15) is 0 Å². The van der Waals surface area contributed by atoms with Crippen LogP contribution in [0.15, 0.2) is 0 Å². The van der Waals surface area contributed by atoms with Crippen molar-refractivity contribution < 1.29 is 0 Å². The monoisotopic (exact) mass is 198 g/mol. The molecule has 2 heteroatoms. The van der Waals surface area contributed by atoms with E-state index in [1.807, 2.05) is 0 Å². The van der Waals surface area contributed by atoms with Crippen molar-refractivity contribution >= 4 is 0 Å². The summed E-state index contributed by atoms with van der Waals surface area (Å²) in [6.07, 6.45) is 4.05. The zero-order valence-corrected chi connectivity index (χ0v) is 10.4. The summed E-state index contributed by atoms with van der Waals surface area (Å²) in [6.45, 7) is 12.6. The van der Waals surface area contributed by atoms with Crippen LogP contribution in [-0.4, -0.2) is 23.6 Å². The Kier molecular flexibility index (Phi) is 3.96. The van der Waals surface area contributed by atoms with Crippen molar-refractivity contribution in [1.29, 1.82) is 0 Å². The highest BCUT2D eigenvalue weighted by molar-refractivity contribution is 4.77. The zero-order valence-electron chi connectivity index (χ0n) is 10.4. The Hall–Kier alpha value is -0.0800. The van der Waals surface area contributed by atoms with Crippen molar-refractivity contribution in [3.63, 3.8) is 0 Å². The fourth-order valence-electron chi connectivity index (χ4n) is 2.06. The zero-order chi connectivity index (χ0) is 10.8. The Balaban J connectivity index is 2.40. The Bertz CT molecular complexity index is 162. The van der Waals surface area contributed by atoms with Gasteiger partial charge in [-0.1, -0.05) is 27.2 Å². The second kappa shape index (κ2) is 4.63. The van der Waals surface area contributed by atoms with Crippen LogP contribution in [0.1, 0.15) is 53.9 Å². The van der Waals surface area contributed by atoms with Gasteiger partial charge < -0.3 is 0 Å². The van der Waals surface area contributed by atoms with Gasteiger partial charge in [0.1, 0.15) is 0 Å². The van der Waals surface area contributed by atoms with E-state index in [1.165, 1.54) is 19.3 Å². The Morgan fingerprint density at radius 1 is 1.14 bits per heavy atom. The molecule has 1 aliphatic rings. The lowest BCUT2D eigenvalue weighted by Crippen LogP contribution is -2.53. The van der Waals surface area contributed by atoms with E-state index in [0.29, 0.717) is 17.5 Å². The fourth-order valence-corrected chi connectivity index (χ4v) is 2.06. The maximum absolute atomic E-state index is 3.59. The first-order chi connectivity index (χ1) is 6.40. The number of rotatable bonds is 2. The van der Waals surface area contributed by atoms with Crippen LogP contribution in [0, 0.1) is 5.41 Å². The highest BCUT2D eigenvalue weighted by atomic mass is 15.5. The standard InChI is InChI=1S/C12H26N2/c1-10-7-6-8-11(2)14(10)13-9-12(3,4)5/h10-11,13H,6-9H2,1-5H3. The Morgan fingerprint density at radius 2 is 1.64 bits per heavy atom. The van der Waals surface area contributed by atoms with E-state index in [4.69, 9.17) is 0 Å². The van der Waals surface area contributed by atoms with E-state index in [9.17, 15) is 0 Å². The predicted molar refractivity (Wildman–Crippen MR) is 62.1 cm³/mol. The summed E-state index contributed by atoms with van der Waals surface area (Å²) < 4.78 is 0. The van der Waals surface area contributed by atoms with Crippen molar-refractivity contribution in [3.8, 4) is 0 Å². The first kappa shape index (κ1) is 12.0. The van der Waals surface area contributed by atoms with Crippen molar-refractivity contribution in [2.45, 2.75) is 66.0 Å². The molecule has 1 fully saturated rings. The molecule has 84 valence electrons.